The average molecular weight is 228 g/mol. The zero-order valence-corrected chi connectivity index (χ0v) is 9.27. The molecule has 0 aliphatic carbocycles. The molecule has 3 N–H and O–H groups in total. The van der Waals surface area contributed by atoms with Crippen LogP contribution in [0.1, 0.15) is 11.3 Å². The van der Waals surface area contributed by atoms with Crippen LogP contribution in [-0.4, -0.2) is 22.4 Å². The number of amides is 1. The molecule has 0 spiro atoms. The SMILES string of the molecule is CSc1cc(C)[nH]c(=O)c1CNC(=O)O. The molecule has 1 aromatic heterocycles. The van der Waals surface area contributed by atoms with Gasteiger partial charge in [0.2, 0.25) is 0 Å². The molecule has 1 rings (SSSR count). The van der Waals surface area contributed by atoms with Crippen LogP contribution in [0.2, 0.25) is 0 Å². The van der Waals surface area contributed by atoms with E-state index in [9.17, 15) is 9.59 Å². The van der Waals surface area contributed by atoms with E-state index < -0.39 is 6.09 Å². The molecule has 0 aromatic carbocycles. The topological polar surface area (TPSA) is 82.2 Å². The summed E-state index contributed by atoms with van der Waals surface area (Å²) in [5.74, 6) is 0. The number of aromatic amines is 1. The fraction of sp³-hybridized carbons (Fsp3) is 0.333. The molecule has 6 heteroatoms. The summed E-state index contributed by atoms with van der Waals surface area (Å²) < 4.78 is 0. The molecule has 0 bridgehead atoms. The van der Waals surface area contributed by atoms with Gasteiger partial charge in [0.15, 0.2) is 0 Å². The van der Waals surface area contributed by atoms with Crippen molar-refractivity contribution < 1.29 is 9.90 Å². The molecular weight excluding hydrogens is 216 g/mol. The monoisotopic (exact) mass is 228 g/mol. The molecule has 82 valence electrons. The Hall–Kier alpha value is -1.43. The van der Waals surface area contributed by atoms with Gasteiger partial charge in [-0.25, -0.2) is 4.79 Å². The summed E-state index contributed by atoms with van der Waals surface area (Å²) in [6.07, 6.45) is 0.709. The Labute approximate surface area is 90.9 Å². The van der Waals surface area contributed by atoms with E-state index in [2.05, 4.69) is 10.3 Å². The number of thioether (sulfide) groups is 1. The lowest BCUT2D eigenvalue weighted by molar-refractivity contribution is 0.194. The van der Waals surface area contributed by atoms with Gasteiger partial charge in [0.1, 0.15) is 0 Å². The van der Waals surface area contributed by atoms with Gasteiger partial charge in [-0.05, 0) is 19.2 Å². The predicted octanol–water partition coefficient (Wildman–Crippen LogP) is 1.17. The van der Waals surface area contributed by atoms with Crippen LogP contribution < -0.4 is 10.9 Å². The van der Waals surface area contributed by atoms with Gasteiger partial charge < -0.3 is 15.4 Å². The largest absolute Gasteiger partial charge is 0.465 e. The van der Waals surface area contributed by atoms with E-state index in [1.807, 2.05) is 12.3 Å². The highest BCUT2D eigenvalue weighted by atomic mass is 32.2. The van der Waals surface area contributed by atoms with Gasteiger partial charge in [0.05, 0.1) is 12.1 Å². The molecule has 0 fully saturated rings. The van der Waals surface area contributed by atoms with E-state index in [-0.39, 0.29) is 12.1 Å². The molecule has 0 radical (unpaired) electrons. The average Bonchev–Trinajstić information content (AvgIpc) is 2.14. The van der Waals surface area contributed by atoms with Crippen LogP contribution in [0.5, 0.6) is 0 Å². The van der Waals surface area contributed by atoms with Crippen LogP contribution >= 0.6 is 11.8 Å². The van der Waals surface area contributed by atoms with Gasteiger partial charge >= 0.3 is 6.09 Å². The molecule has 0 atom stereocenters. The number of aromatic nitrogens is 1. The number of hydrogen-bond donors (Lipinski definition) is 3. The summed E-state index contributed by atoms with van der Waals surface area (Å²) >= 11 is 1.42. The van der Waals surface area contributed by atoms with Gasteiger partial charge in [-0.2, -0.15) is 0 Å². The third-order valence-corrected chi connectivity index (χ3v) is 2.67. The first-order valence-electron chi connectivity index (χ1n) is 4.28. The second kappa shape index (κ2) is 4.88. The number of carboxylic acid groups (broad SMARTS) is 1. The van der Waals surface area contributed by atoms with E-state index in [4.69, 9.17) is 5.11 Å². The van der Waals surface area contributed by atoms with Crippen molar-refractivity contribution in [1.29, 1.82) is 0 Å². The highest BCUT2D eigenvalue weighted by Crippen LogP contribution is 2.17. The molecular formula is C9H12N2O3S. The molecule has 1 heterocycles. The van der Waals surface area contributed by atoms with Gasteiger partial charge in [-0.15, -0.1) is 11.8 Å². The maximum absolute atomic E-state index is 11.5. The number of aryl methyl sites for hydroxylation is 1. The highest BCUT2D eigenvalue weighted by Gasteiger charge is 2.08. The van der Waals surface area contributed by atoms with Gasteiger partial charge in [0.25, 0.3) is 5.56 Å². The molecule has 0 aliphatic heterocycles. The smallest absolute Gasteiger partial charge is 0.404 e. The third-order valence-electron chi connectivity index (χ3n) is 1.87. The van der Waals surface area contributed by atoms with Crippen molar-refractivity contribution >= 4 is 17.9 Å². The van der Waals surface area contributed by atoms with Crippen molar-refractivity contribution in [2.75, 3.05) is 6.26 Å². The van der Waals surface area contributed by atoms with Crippen LogP contribution in [-0.2, 0) is 6.54 Å². The Morgan fingerprint density at radius 1 is 1.67 bits per heavy atom. The summed E-state index contributed by atoms with van der Waals surface area (Å²) in [4.78, 5) is 25.3. The Bertz CT molecular complexity index is 428. The fourth-order valence-electron chi connectivity index (χ4n) is 1.20. The summed E-state index contributed by atoms with van der Waals surface area (Å²) in [6, 6.07) is 1.82. The summed E-state index contributed by atoms with van der Waals surface area (Å²) in [5.41, 5.74) is 0.979. The second-order valence-electron chi connectivity index (χ2n) is 2.99. The lowest BCUT2D eigenvalue weighted by Crippen LogP contribution is -2.26. The highest BCUT2D eigenvalue weighted by molar-refractivity contribution is 7.98. The fourth-order valence-corrected chi connectivity index (χ4v) is 1.91. The zero-order valence-electron chi connectivity index (χ0n) is 8.46. The van der Waals surface area contributed by atoms with Crippen molar-refractivity contribution in [3.63, 3.8) is 0 Å². The number of pyridine rings is 1. The molecule has 0 saturated heterocycles. The Morgan fingerprint density at radius 2 is 2.33 bits per heavy atom. The minimum Gasteiger partial charge on any atom is -0.465 e. The Kier molecular flexibility index (Phi) is 3.79. The van der Waals surface area contributed by atoms with E-state index in [0.29, 0.717) is 5.56 Å². The zero-order chi connectivity index (χ0) is 11.4. The minimum absolute atomic E-state index is 0.0289. The second-order valence-corrected chi connectivity index (χ2v) is 3.84. The van der Waals surface area contributed by atoms with Crippen molar-refractivity contribution in [3.8, 4) is 0 Å². The van der Waals surface area contributed by atoms with Crippen LogP contribution in [0.3, 0.4) is 0 Å². The molecule has 0 unspecified atom stereocenters. The number of H-pyrrole nitrogens is 1. The normalized spacial score (nSPS) is 10.0. The Balaban J connectivity index is 3.04. The predicted molar refractivity (Wildman–Crippen MR) is 58.4 cm³/mol. The van der Waals surface area contributed by atoms with Crippen molar-refractivity contribution in [2.24, 2.45) is 0 Å². The lowest BCUT2D eigenvalue weighted by Gasteiger charge is -2.07. The molecule has 5 nitrogen and oxygen atoms in total. The van der Waals surface area contributed by atoms with Gasteiger partial charge in [0, 0.05) is 10.6 Å². The van der Waals surface area contributed by atoms with Crippen LogP contribution in [0.4, 0.5) is 4.79 Å². The van der Waals surface area contributed by atoms with E-state index in [1.165, 1.54) is 11.8 Å². The molecule has 15 heavy (non-hydrogen) atoms. The van der Waals surface area contributed by atoms with Crippen molar-refractivity contribution in [3.05, 3.63) is 27.7 Å². The van der Waals surface area contributed by atoms with Gasteiger partial charge in [-0.3, -0.25) is 4.79 Å². The van der Waals surface area contributed by atoms with Gasteiger partial charge in [-0.1, -0.05) is 0 Å². The lowest BCUT2D eigenvalue weighted by atomic mass is 10.2. The van der Waals surface area contributed by atoms with E-state index in [0.717, 1.165) is 10.6 Å². The van der Waals surface area contributed by atoms with Crippen molar-refractivity contribution in [2.45, 2.75) is 18.4 Å². The summed E-state index contributed by atoms with van der Waals surface area (Å²) in [7, 11) is 0. The quantitative estimate of drug-likeness (QED) is 0.678. The Morgan fingerprint density at radius 3 is 2.87 bits per heavy atom. The maximum Gasteiger partial charge on any atom is 0.404 e. The minimum atomic E-state index is -1.14. The first kappa shape index (κ1) is 11.6. The number of nitrogens with one attached hydrogen (secondary N) is 2. The number of hydrogen-bond acceptors (Lipinski definition) is 3. The standard InChI is InChI=1S/C9H12N2O3S/c1-5-3-7(15-2)6(8(12)11-5)4-10-9(13)14/h3,10H,4H2,1-2H3,(H,11,12)(H,13,14). The number of carbonyl (C=O) groups is 1. The molecule has 1 amide bonds. The maximum atomic E-state index is 11.5. The van der Waals surface area contributed by atoms with E-state index in [1.54, 1.807) is 6.92 Å². The van der Waals surface area contributed by atoms with E-state index >= 15 is 0 Å². The van der Waals surface area contributed by atoms with Crippen LogP contribution in [0, 0.1) is 6.92 Å². The molecule has 0 saturated carbocycles. The summed E-state index contributed by atoms with van der Waals surface area (Å²) in [6.45, 7) is 1.82. The van der Waals surface area contributed by atoms with Crippen LogP contribution in [0.25, 0.3) is 0 Å². The summed E-state index contributed by atoms with van der Waals surface area (Å²) in [5, 5.41) is 10.6. The van der Waals surface area contributed by atoms with Crippen LogP contribution in [0.15, 0.2) is 15.8 Å². The third kappa shape index (κ3) is 3.02. The first-order valence-corrected chi connectivity index (χ1v) is 5.50. The molecule has 0 aliphatic rings. The molecule has 1 aromatic rings. The van der Waals surface area contributed by atoms with Crippen molar-refractivity contribution in [1.82, 2.24) is 10.3 Å². The number of rotatable bonds is 3. The first-order chi connectivity index (χ1) is 7.04.